The van der Waals surface area contributed by atoms with Crippen molar-refractivity contribution in [2.24, 2.45) is 5.92 Å². The van der Waals surface area contributed by atoms with E-state index in [0.29, 0.717) is 36.0 Å². The van der Waals surface area contributed by atoms with Crippen LogP contribution < -0.4 is 0 Å². The number of carbonyl (C=O) groups excluding carboxylic acids is 1. The van der Waals surface area contributed by atoms with E-state index >= 15 is 0 Å². The Bertz CT molecular complexity index is 649. The van der Waals surface area contributed by atoms with Crippen molar-refractivity contribution < 1.29 is 15.0 Å². The van der Waals surface area contributed by atoms with Crippen LogP contribution in [0.1, 0.15) is 16.9 Å². The second-order valence-electron chi connectivity index (χ2n) is 5.16. The van der Waals surface area contributed by atoms with Crippen LogP contribution in [0, 0.1) is 5.92 Å². The lowest BCUT2D eigenvalue weighted by atomic mass is 9.95. The summed E-state index contributed by atoms with van der Waals surface area (Å²) in [6, 6.07) is 1.72. The highest BCUT2D eigenvalue weighted by molar-refractivity contribution is 7.13. The molecule has 3 heterocycles. The largest absolute Gasteiger partial charge is 0.396 e. The Kier molecular flexibility index (Phi) is 4.41. The van der Waals surface area contributed by atoms with Gasteiger partial charge in [0.15, 0.2) is 10.8 Å². The van der Waals surface area contributed by atoms with Crippen LogP contribution in [0.2, 0.25) is 0 Å². The summed E-state index contributed by atoms with van der Waals surface area (Å²) in [5, 5.41) is 21.3. The van der Waals surface area contributed by atoms with Gasteiger partial charge >= 0.3 is 0 Å². The smallest absolute Gasteiger partial charge is 0.273 e. The maximum Gasteiger partial charge on any atom is 0.273 e. The summed E-state index contributed by atoms with van der Waals surface area (Å²) in [5.74, 6) is 0.00546. The van der Waals surface area contributed by atoms with Crippen molar-refractivity contribution >= 4 is 17.2 Å². The van der Waals surface area contributed by atoms with Crippen LogP contribution in [0.3, 0.4) is 0 Å². The Morgan fingerprint density at radius 1 is 1.41 bits per heavy atom. The molecule has 0 aliphatic carbocycles. The van der Waals surface area contributed by atoms with E-state index < -0.39 is 6.10 Å². The molecule has 1 aliphatic heterocycles. The fourth-order valence-electron chi connectivity index (χ4n) is 2.43. The van der Waals surface area contributed by atoms with Crippen LogP contribution in [-0.2, 0) is 0 Å². The van der Waals surface area contributed by atoms with Crippen LogP contribution in [0.25, 0.3) is 10.8 Å². The Balaban J connectivity index is 1.75. The van der Waals surface area contributed by atoms with Gasteiger partial charge in [0.2, 0.25) is 0 Å². The Morgan fingerprint density at radius 2 is 2.18 bits per heavy atom. The first-order chi connectivity index (χ1) is 10.7. The number of aromatic nitrogens is 3. The molecule has 2 aromatic heterocycles. The second-order valence-corrected chi connectivity index (χ2v) is 6.02. The van der Waals surface area contributed by atoms with E-state index in [1.54, 1.807) is 28.7 Å². The second kappa shape index (κ2) is 6.47. The Labute approximate surface area is 131 Å². The van der Waals surface area contributed by atoms with E-state index in [0.717, 1.165) is 0 Å². The summed E-state index contributed by atoms with van der Waals surface area (Å²) >= 11 is 1.32. The number of hydrogen-bond donors (Lipinski definition) is 2. The van der Waals surface area contributed by atoms with Crippen molar-refractivity contribution in [1.29, 1.82) is 0 Å². The standard InChI is InChI=1S/C14H16N4O3S/c19-7-9-6-18(5-2-11(9)20)14(21)10-8-22-13(17-10)12-15-3-1-4-16-12/h1,3-4,8-9,11,19-20H,2,5-7H2/t9-,11-/m1/s1. The minimum atomic E-state index is -0.558. The highest BCUT2D eigenvalue weighted by atomic mass is 32.1. The monoisotopic (exact) mass is 320 g/mol. The number of rotatable bonds is 3. The normalized spacial score (nSPS) is 21.8. The molecular weight excluding hydrogens is 304 g/mol. The molecule has 0 unspecified atom stereocenters. The topological polar surface area (TPSA) is 99.4 Å². The molecule has 0 radical (unpaired) electrons. The van der Waals surface area contributed by atoms with Gasteiger partial charge < -0.3 is 15.1 Å². The maximum atomic E-state index is 12.5. The summed E-state index contributed by atoms with van der Waals surface area (Å²) in [4.78, 5) is 26.6. The number of amides is 1. The fourth-order valence-corrected chi connectivity index (χ4v) is 3.17. The van der Waals surface area contributed by atoms with E-state index in [1.165, 1.54) is 11.3 Å². The lowest BCUT2D eigenvalue weighted by Gasteiger charge is -2.34. The molecule has 0 spiro atoms. The predicted molar refractivity (Wildman–Crippen MR) is 80.2 cm³/mol. The molecule has 1 saturated heterocycles. The molecule has 0 saturated carbocycles. The minimum Gasteiger partial charge on any atom is -0.396 e. The highest BCUT2D eigenvalue weighted by Crippen LogP contribution is 2.23. The summed E-state index contributed by atoms with van der Waals surface area (Å²) in [6.45, 7) is 0.668. The number of hydrogen-bond acceptors (Lipinski definition) is 7. The number of thiazole rings is 1. The molecule has 0 bridgehead atoms. The van der Waals surface area contributed by atoms with Gasteiger partial charge in [-0.3, -0.25) is 4.79 Å². The maximum absolute atomic E-state index is 12.5. The summed E-state index contributed by atoms with van der Waals surface area (Å²) in [6.07, 6.45) is 3.17. The first-order valence-electron chi connectivity index (χ1n) is 7.00. The lowest BCUT2D eigenvalue weighted by molar-refractivity contribution is 0.00326. The molecule has 1 fully saturated rings. The quantitative estimate of drug-likeness (QED) is 0.850. The number of aliphatic hydroxyl groups excluding tert-OH is 2. The number of aliphatic hydroxyl groups is 2. The number of nitrogens with zero attached hydrogens (tertiary/aromatic N) is 4. The Morgan fingerprint density at radius 3 is 2.91 bits per heavy atom. The third kappa shape index (κ3) is 2.99. The molecule has 0 aromatic carbocycles. The molecule has 1 aliphatic rings. The zero-order chi connectivity index (χ0) is 15.5. The predicted octanol–water partition coefficient (Wildman–Crippen LogP) is 0.415. The third-order valence-corrected chi connectivity index (χ3v) is 4.53. The van der Waals surface area contributed by atoms with Crippen LogP contribution in [-0.4, -0.2) is 61.8 Å². The number of likely N-dealkylation sites (tertiary alicyclic amines) is 1. The van der Waals surface area contributed by atoms with Gasteiger partial charge in [-0.25, -0.2) is 15.0 Å². The van der Waals surface area contributed by atoms with Crippen LogP contribution in [0.5, 0.6) is 0 Å². The molecule has 2 aromatic rings. The van der Waals surface area contributed by atoms with Crippen molar-refractivity contribution in [3.63, 3.8) is 0 Å². The van der Waals surface area contributed by atoms with E-state index in [1.807, 2.05) is 0 Å². The highest BCUT2D eigenvalue weighted by Gasteiger charge is 2.31. The molecule has 116 valence electrons. The van der Waals surface area contributed by atoms with Gasteiger partial charge in [-0.1, -0.05) is 0 Å². The van der Waals surface area contributed by atoms with Gasteiger partial charge in [0.25, 0.3) is 5.91 Å². The molecule has 3 rings (SSSR count). The minimum absolute atomic E-state index is 0.134. The fraction of sp³-hybridized carbons (Fsp3) is 0.429. The molecule has 2 N–H and O–H groups in total. The SMILES string of the molecule is O=C(c1csc(-c2ncccn2)n1)N1CC[C@@H](O)[C@@H](CO)C1. The van der Waals surface area contributed by atoms with E-state index in [-0.39, 0.29) is 18.4 Å². The summed E-state index contributed by atoms with van der Waals surface area (Å²) in [7, 11) is 0. The molecule has 2 atom stereocenters. The molecule has 8 heteroatoms. The zero-order valence-electron chi connectivity index (χ0n) is 11.8. The van der Waals surface area contributed by atoms with Gasteiger partial charge in [-0.2, -0.15) is 0 Å². The van der Waals surface area contributed by atoms with Gasteiger partial charge in [-0.05, 0) is 12.5 Å². The average molecular weight is 320 g/mol. The van der Waals surface area contributed by atoms with Crippen LogP contribution in [0.15, 0.2) is 23.8 Å². The summed E-state index contributed by atoms with van der Waals surface area (Å²) < 4.78 is 0. The van der Waals surface area contributed by atoms with Crippen molar-refractivity contribution in [1.82, 2.24) is 19.9 Å². The van der Waals surface area contributed by atoms with Crippen LogP contribution >= 0.6 is 11.3 Å². The van der Waals surface area contributed by atoms with E-state index in [4.69, 9.17) is 0 Å². The molecule has 7 nitrogen and oxygen atoms in total. The Hall–Kier alpha value is -1.90. The van der Waals surface area contributed by atoms with Gasteiger partial charge in [0, 0.05) is 36.8 Å². The number of piperidine rings is 1. The van der Waals surface area contributed by atoms with Gasteiger partial charge in [0.1, 0.15) is 5.69 Å². The van der Waals surface area contributed by atoms with Crippen molar-refractivity contribution in [3.05, 3.63) is 29.5 Å². The first kappa shape index (κ1) is 15.0. The van der Waals surface area contributed by atoms with Crippen molar-refractivity contribution in [2.75, 3.05) is 19.7 Å². The lowest BCUT2D eigenvalue weighted by Crippen LogP contribution is -2.47. The van der Waals surface area contributed by atoms with Crippen molar-refractivity contribution in [3.8, 4) is 10.8 Å². The molecule has 22 heavy (non-hydrogen) atoms. The number of carbonyl (C=O) groups is 1. The van der Waals surface area contributed by atoms with E-state index in [9.17, 15) is 15.0 Å². The third-order valence-electron chi connectivity index (χ3n) is 3.70. The molecular formula is C14H16N4O3S. The van der Waals surface area contributed by atoms with Gasteiger partial charge in [0.05, 0.1) is 12.7 Å². The van der Waals surface area contributed by atoms with E-state index in [2.05, 4.69) is 15.0 Å². The van der Waals surface area contributed by atoms with Crippen LogP contribution in [0.4, 0.5) is 0 Å². The van der Waals surface area contributed by atoms with Crippen molar-refractivity contribution in [2.45, 2.75) is 12.5 Å². The average Bonchev–Trinajstić information content (AvgIpc) is 3.05. The van der Waals surface area contributed by atoms with Gasteiger partial charge in [-0.15, -0.1) is 11.3 Å². The zero-order valence-corrected chi connectivity index (χ0v) is 12.6. The molecule has 1 amide bonds. The summed E-state index contributed by atoms with van der Waals surface area (Å²) in [5.41, 5.74) is 0.348. The first-order valence-corrected chi connectivity index (χ1v) is 7.88.